The van der Waals surface area contributed by atoms with E-state index in [9.17, 15) is 4.39 Å². The average molecular weight is 406 g/mol. The van der Waals surface area contributed by atoms with Crippen LogP contribution in [0.25, 0.3) is 0 Å². The number of nitrogens with one attached hydrogen (secondary N) is 1. The fraction of sp³-hybridized carbons (Fsp3) is 0.0769. The van der Waals surface area contributed by atoms with Gasteiger partial charge in [0.2, 0.25) is 0 Å². The number of anilines is 1. The highest BCUT2D eigenvalue weighted by Crippen LogP contribution is 2.23. The highest BCUT2D eigenvalue weighted by atomic mass is 127. The smallest absolute Gasteiger partial charge is 0.128 e. The summed E-state index contributed by atoms with van der Waals surface area (Å²) in [6.45, 7) is 0.490. The SMILES string of the molecule is Fc1ccccc1CNc1ccc(Br)c(I)c1. The summed E-state index contributed by atoms with van der Waals surface area (Å²) < 4.78 is 15.6. The number of halogens is 3. The molecule has 17 heavy (non-hydrogen) atoms. The van der Waals surface area contributed by atoms with Crippen LogP contribution in [0.2, 0.25) is 0 Å². The second-order valence-electron chi connectivity index (χ2n) is 3.57. The first kappa shape index (κ1) is 12.8. The normalized spacial score (nSPS) is 10.3. The molecule has 0 fully saturated rings. The van der Waals surface area contributed by atoms with E-state index in [1.165, 1.54) is 6.07 Å². The van der Waals surface area contributed by atoms with Gasteiger partial charge in [-0.25, -0.2) is 4.39 Å². The molecule has 0 aliphatic rings. The molecule has 0 unspecified atom stereocenters. The minimum absolute atomic E-state index is 0.174. The van der Waals surface area contributed by atoms with Gasteiger partial charge in [0.25, 0.3) is 0 Å². The summed E-state index contributed by atoms with van der Waals surface area (Å²) in [5, 5.41) is 3.20. The van der Waals surface area contributed by atoms with Gasteiger partial charge in [0.1, 0.15) is 5.82 Å². The number of benzene rings is 2. The Balaban J connectivity index is 2.08. The maximum Gasteiger partial charge on any atom is 0.128 e. The molecule has 0 aliphatic carbocycles. The standard InChI is InChI=1S/C13H10BrFIN/c14-11-6-5-10(7-13(11)16)17-8-9-3-1-2-4-12(9)15/h1-7,17H,8H2. The van der Waals surface area contributed by atoms with Crippen molar-refractivity contribution in [3.8, 4) is 0 Å². The predicted molar refractivity (Wildman–Crippen MR) is 80.6 cm³/mol. The molecule has 1 nitrogen and oxygen atoms in total. The molecule has 0 aliphatic heterocycles. The third-order valence-corrected chi connectivity index (χ3v) is 4.69. The Labute approximate surface area is 122 Å². The molecule has 1 N–H and O–H groups in total. The Kier molecular flexibility index (Phi) is 4.39. The van der Waals surface area contributed by atoms with Crippen molar-refractivity contribution < 1.29 is 4.39 Å². The van der Waals surface area contributed by atoms with Gasteiger partial charge in [-0.15, -0.1) is 0 Å². The highest BCUT2D eigenvalue weighted by molar-refractivity contribution is 14.1. The van der Waals surface area contributed by atoms with Gasteiger partial charge in [-0.2, -0.15) is 0 Å². The second-order valence-corrected chi connectivity index (χ2v) is 5.59. The summed E-state index contributed by atoms with van der Waals surface area (Å²) in [5.74, 6) is -0.174. The van der Waals surface area contributed by atoms with Crippen LogP contribution in [0.3, 0.4) is 0 Å². The van der Waals surface area contributed by atoms with E-state index < -0.39 is 0 Å². The van der Waals surface area contributed by atoms with Crippen molar-refractivity contribution in [1.82, 2.24) is 0 Å². The maximum atomic E-state index is 13.4. The maximum absolute atomic E-state index is 13.4. The van der Waals surface area contributed by atoms with Gasteiger partial charge in [-0.3, -0.25) is 0 Å². The van der Waals surface area contributed by atoms with Crippen molar-refractivity contribution in [3.05, 3.63) is 61.9 Å². The summed E-state index contributed by atoms with van der Waals surface area (Å²) in [4.78, 5) is 0. The molecule has 0 bridgehead atoms. The number of hydrogen-bond acceptors (Lipinski definition) is 1. The summed E-state index contributed by atoms with van der Waals surface area (Å²) in [6.07, 6.45) is 0. The van der Waals surface area contributed by atoms with Gasteiger partial charge in [0, 0.05) is 25.8 Å². The first-order chi connectivity index (χ1) is 8.16. The van der Waals surface area contributed by atoms with Crippen molar-refractivity contribution >= 4 is 44.2 Å². The van der Waals surface area contributed by atoms with Gasteiger partial charge in [0.15, 0.2) is 0 Å². The molecule has 4 heteroatoms. The topological polar surface area (TPSA) is 12.0 Å². The van der Waals surface area contributed by atoms with Crippen molar-refractivity contribution in [3.63, 3.8) is 0 Å². The minimum atomic E-state index is -0.174. The lowest BCUT2D eigenvalue weighted by Crippen LogP contribution is -2.01. The molecular weight excluding hydrogens is 396 g/mol. The van der Waals surface area contributed by atoms with Crippen LogP contribution in [-0.2, 0) is 6.54 Å². The Hall–Kier alpha value is -0.620. The van der Waals surface area contributed by atoms with E-state index >= 15 is 0 Å². The quantitative estimate of drug-likeness (QED) is 0.723. The molecule has 0 saturated heterocycles. The lowest BCUT2D eigenvalue weighted by molar-refractivity contribution is 0.613. The molecule has 2 rings (SSSR count). The van der Waals surface area contributed by atoms with Crippen LogP contribution >= 0.6 is 38.5 Å². The zero-order chi connectivity index (χ0) is 12.3. The third-order valence-electron chi connectivity index (χ3n) is 2.36. The van der Waals surface area contributed by atoms with Crippen molar-refractivity contribution in [2.75, 3.05) is 5.32 Å². The summed E-state index contributed by atoms with van der Waals surface area (Å²) in [6, 6.07) is 12.8. The number of hydrogen-bond donors (Lipinski definition) is 1. The van der Waals surface area contributed by atoms with Crippen LogP contribution in [-0.4, -0.2) is 0 Å². The zero-order valence-electron chi connectivity index (χ0n) is 8.88. The monoisotopic (exact) mass is 405 g/mol. The minimum Gasteiger partial charge on any atom is -0.381 e. The molecule has 0 heterocycles. The molecule has 2 aromatic rings. The summed E-state index contributed by atoms with van der Waals surface area (Å²) >= 11 is 5.69. The Morgan fingerprint density at radius 1 is 1.18 bits per heavy atom. The van der Waals surface area contributed by atoms with Crippen LogP contribution < -0.4 is 5.32 Å². The van der Waals surface area contributed by atoms with Gasteiger partial charge >= 0.3 is 0 Å². The molecule has 0 spiro atoms. The second kappa shape index (κ2) is 5.82. The first-order valence-corrected chi connectivity index (χ1v) is 6.96. The highest BCUT2D eigenvalue weighted by Gasteiger charge is 2.01. The zero-order valence-corrected chi connectivity index (χ0v) is 12.6. The molecule has 0 amide bonds. The van der Waals surface area contributed by atoms with Gasteiger partial charge in [0.05, 0.1) is 0 Å². The van der Waals surface area contributed by atoms with Gasteiger partial charge in [-0.05, 0) is 62.8 Å². The molecule has 2 aromatic carbocycles. The van der Waals surface area contributed by atoms with Crippen molar-refractivity contribution in [2.24, 2.45) is 0 Å². The third kappa shape index (κ3) is 3.42. The lowest BCUT2D eigenvalue weighted by atomic mass is 10.2. The van der Waals surface area contributed by atoms with E-state index in [1.807, 2.05) is 24.3 Å². The van der Waals surface area contributed by atoms with E-state index in [1.54, 1.807) is 12.1 Å². The molecule has 88 valence electrons. The Morgan fingerprint density at radius 2 is 1.94 bits per heavy atom. The van der Waals surface area contributed by atoms with E-state index in [-0.39, 0.29) is 5.82 Å². The fourth-order valence-electron chi connectivity index (χ4n) is 1.45. The lowest BCUT2D eigenvalue weighted by Gasteiger charge is -2.08. The summed E-state index contributed by atoms with van der Waals surface area (Å²) in [7, 11) is 0. The van der Waals surface area contributed by atoms with Crippen molar-refractivity contribution in [2.45, 2.75) is 6.54 Å². The van der Waals surface area contributed by atoms with Crippen LogP contribution in [0.15, 0.2) is 46.9 Å². The van der Waals surface area contributed by atoms with E-state index in [2.05, 4.69) is 43.8 Å². The fourth-order valence-corrected chi connectivity index (χ4v) is 2.21. The Bertz CT molecular complexity index is 531. The summed E-state index contributed by atoms with van der Waals surface area (Å²) in [5.41, 5.74) is 1.66. The van der Waals surface area contributed by atoms with E-state index in [0.29, 0.717) is 12.1 Å². The predicted octanol–water partition coefficient (Wildman–Crippen LogP) is 4.80. The Morgan fingerprint density at radius 3 is 2.65 bits per heavy atom. The van der Waals surface area contributed by atoms with Gasteiger partial charge < -0.3 is 5.32 Å². The van der Waals surface area contributed by atoms with Crippen LogP contribution in [0, 0.1) is 9.39 Å². The number of rotatable bonds is 3. The van der Waals surface area contributed by atoms with Crippen LogP contribution in [0.1, 0.15) is 5.56 Å². The molecule has 0 aromatic heterocycles. The average Bonchev–Trinajstić information content (AvgIpc) is 2.32. The van der Waals surface area contributed by atoms with E-state index in [0.717, 1.165) is 13.7 Å². The van der Waals surface area contributed by atoms with E-state index in [4.69, 9.17) is 0 Å². The van der Waals surface area contributed by atoms with Crippen LogP contribution in [0.5, 0.6) is 0 Å². The first-order valence-electron chi connectivity index (χ1n) is 5.09. The molecular formula is C13H10BrFIN. The molecule has 0 radical (unpaired) electrons. The largest absolute Gasteiger partial charge is 0.381 e. The van der Waals surface area contributed by atoms with Gasteiger partial charge in [-0.1, -0.05) is 18.2 Å². The van der Waals surface area contributed by atoms with Crippen molar-refractivity contribution in [1.29, 1.82) is 0 Å². The molecule has 0 atom stereocenters. The van der Waals surface area contributed by atoms with Crippen LogP contribution in [0.4, 0.5) is 10.1 Å². The molecule has 0 saturated carbocycles.